The van der Waals surface area contributed by atoms with Gasteiger partial charge < -0.3 is 10.4 Å². The fourth-order valence-corrected chi connectivity index (χ4v) is 10.8. The highest BCUT2D eigenvalue weighted by Crippen LogP contribution is 2.53. The molecule has 7 heteroatoms. The summed E-state index contributed by atoms with van der Waals surface area (Å²) in [6.45, 7) is 8.23. The monoisotopic (exact) mass is 486 g/mol. The summed E-state index contributed by atoms with van der Waals surface area (Å²) in [4.78, 5) is 2.55. The second-order valence-corrected chi connectivity index (χ2v) is 13.8. The van der Waals surface area contributed by atoms with Gasteiger partial charge in [0, 0.05) is 37.6 Å². The average molecular weight is 487 g/mol. The maximum absolute atomic E-state index is 14.1. The van der Waals surface area contributed by atoms with Crippen LogP contribution in [0.1, 0.15) is 84.5 Å². The molecule has 0 aromatic carbocycles. The van der Waals surface area contributed by atoms with E-state index >= 15 is 0 Å². The number of rotatable bonds is 6. The number of aliphatic hydroxyl groups is 1. The van der Waals surface area contributed by atoms with E-state index in [2.05, 4.69) is 24.1 Å². The number of hydrogen-bond acceptors (Lipinski definition) is 5. The first-order chi connectivity index (χ1) is 15.8. The number of alkyl halides is 1. The van der Waals surface area contributed by atoms with E-state index in [9.17, 15) is 17.9 Å². The fraction of sp³-hybridized carbons (Fsp3) is 1.00. The minimum Gasteiger partial charge on any atom is -0.392 e. The maximum Gasteiger partial charge on any atom is 0.154 e. The molecular formula is C26H47FN2O3S. The summed E-state index contributed by atoms with van der Waals surface area (Å²) in [5, 5.41) is 15.2. The normalized spacial score (nSPS) is 44.7. The molecule has 2 N–H and O–H groups in total. The van der Waals surface area contributed by atoms with Crippen molar-refractivity contribution in [3.05, 3.63) is 0 Å². The number of halogens is 1. The van der Waals surface area contributed by atoms with Gasteiger partial charge in [0.2, 0.25) is 0 Å². The second-order valence-electron chi connectivity index (χ2n) is 11.6. The Kier molecular flexibility index (Phi) is 8.45. The minimum absolute atomic E-state index is 0.00477. The molecule has 2 aliphatic carbocycles. The van der Waals surface area contributed by atoms with Gasteiger partial charge in [-0.15, -0.1) is 0 Å². The van der Waals surface area contributed by atoms with Crippen molar-refractivity contribution in [1.82, 2.24) is 10.2 Å². The van der Waals surface area contributed by atoms with Crippen molar-refractivity contribution >= 4 is 9.84 Å². The summed E-state index contributed by atoms with van der Waals surface area (Å²) >= 11 is 0. The van der Waals surface area contributed by atoms with Crippen LogP contribution in [0.2, 0.25) is 0 Å². The lowest BCUT2D eigenvalue weighted by Crippen LogP contribution is -2.54. The molecule has 2 aliphatic heterocycles. The summed E-state index contributed by atoms with van der Waals surface area (Å²) in [5.74, 6) is 0.339. The van der Waals surface area contributed by atoms with Crippen LogP contribution in [-0.4, -0.2) is 73.9 Å². The number of hydrogen-bond donors (Lipinski definition) is 2. The zero-order chi connectivity index (χ0) is 23.6. The van der Waals surface area contributed by atoms with E-state index in [1.807, 2.05) is 0 Å². The maximum atomic E-state index is 14.1. The van der Waals surface area contributed by atoms with Crippen molar-refractivity contribution in [3.63, 3.8) is 0 Å². The third-order valence-electron chi connectivity index (χ3n) is 9.89. The van der Waals surface area contributed by atoms with Crippen LogP contribution in [0.4, 0.5) is 4.39 Å². The first-order valence-electron chi connectivity index (χ1n) is 13.8. The number of nitrogens with zero attached hydrogens (tertiary/aromatic N) is 1. The summed E-state index contributed by atoms with van der Waals surface area (Å²) in [7, 11) is -3.30. The average Bonchev–Trinajstić information content (AvgIpc) is 2.90. The standard InChI is InChI=1S/C26H47FN2O3S/c1-3-5-12-26(4-2)18-33(31,32)23-11-10-21(29-15-13-28-14-16-29)17-22(23)24(25(26)30)19-6-8-20(27)9-7-19/h19-25,28,30H,3-18H2,1-2H3/t19?,20?,21?,22?,23?,24-,25-,26-/m1/s1. The first-order valence-corrected chi connectivity index (χ1v) is 15.5. The molecule has 2 saturated heterocycles. The molecule has 0 radical (unpaired) electrons. The van der Waals surface area contributed by atoms with Gasteiger partial charge in [0.1, 0.15) is 6.17 Å². The lowest BCUT2D eigenvalue weighted by atomic mass is 9.60. The molecule has 2 heterocycles. The number of nitrogens with one attached hydrogen (secondary N) is 1. The molecule has 4 rings (SSSR count). The van der Waals surface area contributed by atoms with Crippen LogP contribution in [0.25, 0.3) is 0 Å². The van der Waals surface area contributed by atoms with Crippen LogP contribution in [-0.2, 0) is 9.84 Å². The third-order valence-corrected chi connectivity index (χ3v) is 12.4. The van der Waals surface area contributed by atoms with Crippen molar-refractivity contribution in [1.29, 1.82) is 0 Å². The van der Waals surface area contributed by atoms with Gasteiger partial charge in [-0.25, -0.2) is 12.8 Å². The van der Waals surface area contributed by atoms with Gasteiger partial charge in [-0.3, -0.25) is 4.90 Å². The van der Waals surface area contributed by atoms with Crippen LogP contribution in [0.3, 0.4) is 0 Å². The van der Waals surface area contributed by atoms with Gasteiger partial charge in [-0.2, -0.15) is 0 Å². The fourth-order valence-electron chi connectivity index (χ4n) is 7.93. The molecule has 6 atom stereocenters. The highest BCUT2D eigenvalue weighted by Gasteiger charge is 2.57. The van der Waals surface area contributed by atoms with Crippen molar-refractivity contribution in [3.8, 4) is 0 Å². The molecule has 0 bridgehead atoms. The number of aliphatic hydroxyl groups excluding tert-OH is 1. The van der Waals surface area contributed by atoms with Crippen LogP contribution < -0.4 is 5.32 Å². The van der Waals surface area contributed by atoms with E-state index in [1.54, 1.807) is 0 Å². The quantitative estimate of drug-likeness (QED) is 0.595. The molecule has 33 heavy (non-hydrogen) atoms. The molecule has 4 fully saturated rings. The van der Waals surface area contributed by atoms with E-state index < -0.39 is 27.5 Å². The Morgan fingerprint density at radius 2 is 1.76 bits per heavy atom. The Hall–Kier alpha value is -0.240. The summed E-state index contributed by atoms with van der Waals surface area (Å²) in [6.07, 6.45) is 7.31. The van der Waals surface area contributed by atoms with Crippen molar-refractivity contribution < 1.29 is 17.9 Å². The van der Waals surface area contributed by atoms with Gasteiger partial charge in [0.05, 0.1) is 17.1 Å². The van der Waals surface area contributed by atoms with Crippen LogP contribution in [0.5, 0.6) is 0 Å². The van der Waals surface area contributed by atoms with E-state index in [0.29, 0.717) is 25.3 Å². The van der Waals surface area contributed by atoms with Crippen molar-refractivity contribution in [2.45, 2.75) is 108 Å². The lowest BCUT2D eigenvalue weighted by molar-refractivity contribution is -0.0721. The Balaban J connectivity index is 1.70. The molecule has 5 nitrogen and oxygen atoms in total. The van der Waals surface area contributed by atoms with Gasteiger partial charge in [0.15, 0.2) is 9.84 Å². The van der Waals surface area contributed by atoms with Gasteiger partial charge in [-0.05, 0) is 75.5 Å². The van der Waals surface area contributed by atoms with Gasteiger partial charge in [-0.1, -0.05) is 26.7 Å². The Labute approximate surface area is 201 Å². The Bertz CT molecular complexity index is 736. The van der Waals surface area contributed by atoms with Crippen molar-refractivity contribution in [2.75, 3.05) is 31.9 Å². The number of piperazine rings is 1. The number of sulfone groups is 1. The van der Waals surface area contributed by atoms with Crippen LogP contribution >= 0.6 is 0 Å². The Morgan fingerprint density at radius 3 is 2.39 bits per heavy atom. The van der Waals surface area contributed by atoms with Gasteiger partial charge >= 0.3 is 0 Å². The van der Waals surface area contributed by atoms with E-state index in [4.69, 9.17) is 0 Å². The van der Waals surface area contributed by atoms with Crippen LogP contribution in [0.15, 0.2) is 0 Å². The molecule has 3 unspecified atom stereocenters. The van der Waals surface area contributed by atoms with E-state index in [1.165, 1.54) is 0 Å². The topological polar surface area (TPSA) is 69.6 Å². The number of unbranched alkanes of at least 4 members (excludes halogenated alkanes) is 1. The predicted octanol–water partition coefficient (Wildman–Crippen LogP) is 3.95. The Morgan fingerprint density at radius 1 is 1.06 bits per heavy atom. The summed E-state index contributed by atoms with van der Waals surface area (Å²) < 4.78 is 41.9. The highest BCUT2D eigenvalue weighted by atomic mass is 32.2. The molecule has 4 aliphatic rings. The third kappa shape index (κ3) is 5.31. The van der Waals surface area contributed by atoms with Crippen LogP contribution in [0, 0.1) is 23.2 Å². The summed E-state index contributed by atoms with van der Waals surface area (Å²) in [5.41, 5.74) is -0.562. The zero-order valence-corrected chi connectivity index (χ0v) is 21.7. The largest absolute Gasteiger partial charge is 0.392 e. The van der Waals surface area contributed by atoms with E-state index in [-0.39, 0.29) is 28.8 Å². The summed E-state index contributed by atoms with van der Waals surface area (Å²) in [6, 6.07) is 0.403. The molecule has 0 amide bonds. The molecule has 0 spiro atoms. The smallest absolute Gasteiger partial charge is 0.154 e. The molecule has 0 aromatic heterocycles. The second kappa shape index (κ2) is 10.8. The highest BCUT2D eigenvalue weighted by molar-refractivity contribution is 7.92. The number of fused-ring (bicyclic) bond motifs is 1. The molecule has 0 aromatic rings. The minimum atomic E-state index is -3.30. The van der Waals surface area contributed by atoms with E-state index in [0.717, 1.165) is 77.5 Å². The SMILES string of the molecule is CCCC[C@]1(CC)CS(=O)(=O)C2CCC(N3CCNCC3)CC2[C@@H](C2CCC(F)CC2)[C@H]1O. The molecular weight excluding hydrogens is 439 g/mol. The van der Waals surface area contributed by atoms with Crippen molar-refractivity contribution in [2.24, 2.45) is 23.2 Å². The molecule has 192 valence electrons. The predicted molar refractivity (Wildman–Crippen MR) is 132 cm³/mol. The first kappa shape index (κ1) is 25.8. The van der Waals surface area contributed by atoms with Gasteiger partial charge in [0.25, 0.3) is 0 Å². The molecule has 2 saturated carbocycles. The lowest BCUT2D eigenvalue weighted by Gasteiger charge is -2.48. The zero-order valence-electron chi connectivity index (χ0n) is 20.9.